The molecule has 9 heteroatoms. The minimum atomic E-state index is -0.455. The van der Waals surface area contributed by atoms with Gasteiger partial charge in [0.05, 0.1) is 31.5 Å². The van der Waals surface area contributed by atoms with Crippen LogP contribution < -0.4 is 14.8 Å². The molecule has 0 spiro atoms. The van der Waals surface area contributed by atoms with E-state index >= 15 is 0 Å². The Morgan fingerprint density at radius 2 is 2.04 bits per heavy atom. The summed E-state index contributed by atoms with van der Waals surface area (Å²) >= 11 is 7.20. The summed E-state index contributed by atoms with van der Waals surface area (Å²) in [7, 11) is 2.99. The van der Waals surface area contributed by atoms with Gasteiger partial charge in [-0.2, -0.15) is 0 Å². The summed E-state index contributed by atoms with van der Waals surface area (Å²) in [5.41, 5.74) is 1.17. The molecule has 0 bridgehead atoms. The van der Waals surface area contributed by atoms with E-state index in [1.165, 1.54) is 20.3 Å². The second kappa shape index (κ2) is 9.38. The number of amides is 1. The maximum atomic E-state index is 12.1. The number of nitrogens with zero attached hydrogens (tertiary/aromatic N) is 1. The van der Waals surface area contributed by atoms with Crippen LogP contribution >= 0.6 is 22.9 Å². The van der Waals surface area contributed by atoms with Crippen molar-refractivity contribution in [2.24, 2.45) is 0 Å². The average Bonchev–Trinajstić information content (AvgIpc) is 2.99. The van der Waals surface area contributed by atoms with Crippen LogP contribution in [0.25, 0.3) is 6.08 Å². The summed E-state index contributed by atoms with van der Waals surface area (Å²) in [5.74, 6) is 0.0267. The van der Waals surface area contributed by atoms with Crippen molar-refractivity contribution < 1.29 is 23.8 Å². The Morgan fingerprint density at radius 3 is 2.67 bits per heavy atom. The molecule has 2 rings (SSSR count). The van der Waals surface area contributed by atoms with Gasteiger partial charge in [-0.1, -0.05) is 22.9 Å². The highest BCUT2D eigenvalue weighted by molar-refractivity contribution is 7.17. The quantitative estimate of drug-likeness (QED) is 0.549. The minimum Gasteiger partial charge on any atom is -0.493 e. The maximum Gasteiger partial charge on any atom is 0.350 e. The molecule has 0 radical (unpaired) electrons. The first-order valence-electron chi connectivity index (χ1n) is 7.94. The number of carbonyl (C=O) groups is 2. The summed E-state index contributed by atoms with van der Waals surface area (Å²) < 4.78 is 15.3. The van der Waals surface area contributed by atoms with E-state index in [0.29, 0.717) is 37.8 Å². The van der Waals surface area contributed by atoms with Crippen LogP contribution in [0.15, 0.2) is 18.2 Å². The number of benzene rings is 1. The number of aryl methyl sites for hydroxylation is 1. The van der Waals surface area contributed by atoms with Gasteiger partial charge in [0.2, 0.25) is 5.91 Å². The van der Waals surface area contributed by atoms with Gasteiger partial charge in [-0.25, -0.2) is 9.78 Å². The lowest BCUT2D eigenvalue weighted by molar-refractivity contribution is -0.111. The number of anilines is 1. The monoisotopic (exact) mass is 410 g/mol. The normalized spacial score (nSPS) is 10.7. The van der Waals surface area contributed by atoms with E-state index in [1.807, 2.05) is 0 Å². The smallest absolute Gasteiger partial charge is 0.350 e. The van der Waals surface area contributed by atoms with E-state index < -0.39 is 11.9 Å². The van der Waals surface area contributed by atoms with Crippen molar-refractivity contribution in [2.45, 2.75) is 13.8 Å². The van der Waals surface area contributed by atoms with Crippen molar-refractivity contribution in [3.63, 3.8) is 0 Å². The topological polar surface area (TPSA) is 86.8 Å². The van der Waals surface area contributed by atoms with Crippen LogP contribution in [0.3, 0.4) is 0 Å². The fourth-order valence-electron chi connectivity index (χ4n) is 2.19. The molecule has 0 aliphatic carbocycles. The van der Waals surface area contributed by atoms with Gasteiger partial charge in [-0.15, -0.1) is 0 Å². The number of rotatable bonds is 7. The van der Waals surface area contributed by atoms with Crippen molar-refractivity contribution in [2.75, 3.05) is 26.1 Å². The molecule has 0 unspecified atom stereocenters. The number of ether oxygens (including phenoxy) is 3. The lowest BCUT2D eigenvalue weighted by Gasteiger charge is -2.10. The number of methoxy groups -OCH3 is 2. The lowest BCUT2D eigenvalue weighted by atomic mass is 10.2. The summed E-state index contributed by atoms with van der Waals surface area (Å²) in [5, 5.41) is 3.30. The molecule has 0 saturated heterocycles. The molecule has 27 heavy (non-hydrogen) atoms. The number of carbonyl (C=O) groups excluding carboxylic acids is 2. The summed E-state index contributed by atoms with van der Waals surface area (Å²) in [6, 6.07) is 3.35. The van der Waals surface area contributed by atoms with Crippen LogP contribution in [0.2, 0.25) is 5.02 Å². The third kappa shape index (κ3) is 5.21. The highest BCUT2D eigenvalue weighted by Crippen LogP contribution is 2.36. The van der Waals surface area contributed by atoms with Crippen LogP contribution in [0.5, 0.6) is 11.5 Å². The SMILES string of the molecule is CCOC(=O)c1sc(NC(=O)C=Cc2cc(Cl)c(OC)c(OC)c2)nc1C. The predicted molar refractivity (Wildman–Crippen MR) is 105 cm³/mol. The second-order valence-corrected chi connectivity index (χ2v) is 6.62. The summed E-state index contributed by atoms with van der Waals surface area (Å²) in [4.78, 5) is 28.5. The van der Waals surface area contributed by atoms with Crippen LogP contribution in [-0.4, -0.2) is 37.7 Å². The van der Waals surface area contributed by atoms with Gasteiger partial charge in [0.1, 0.15) is 4.88 Å². The van der Waals surface area contributed by atoms with E-state index in [4.69, 9.17) is 25.8 Å². The number of thiazole rings is 1. The van der Waals surface area contributed by atoms with Gasteiger partial charge in [0.25, 0.3) is 0 Å². The molecular formula is C18H19ClN2O5S. The standard InChI is InChI=1S/C18H19ClN2O5S/c1-5-26-17(23)16-10(2)20-18(27-16)21-14(22)7-6-11-8-12(19)15(25-4)13(9-11)24-3/h6-9H,5H2,1-4H3,(H,20,21,22). The Kier molecular flexibility index (Phi) is 7.20. The zero-order valence-electron chi connectivity index (χ0n) is 15.3. The molecule has 1 amide bonds. The predicted octanol–water partition coefficient (Wildman–Crippen LogP) is 3.95. The Bertz CT molecular complexity index is 879. The molecule has 0 atom stereocenters. The molecule has 0 fully saturated rings. The largest absolute Gasteiger partial charge is 0.493 e. The third-order valence-corrected chi connectivity index (χ3v) is 4.70. The molecule has 2 aromatic rings. The molecule has 1 N–H and O–H groups in total. The fraction of sp³-hybridized carbons (Fsp3) is 0.278. The van der Waals surface area contributed by atoms with Gasteiger partial charge in [-0.3, -0.25) is 10.1 Å². The molecule has 7 nitrogen and oxygen atoms in total. The van der Waals surface area contributed by atoms with Gasteiger partial charge >= 0.3 is 5.97 Å². The Balaban J connectivity index is 2.11. The number of aromatic nitrogens is 1. The van der Waals surface area contributed by atoms with Crippen LogP contribution in [0.4, 0.5) is 5.13 Å². The van der Waals surface area contributed by atoms with Crippen molar-refractivity contribution in [1.82, 2.24) is 4.98 Å². The molecule has 1 aromatic carbocycles. The van der Waals surface area contributed by atoms with Crippen LogP contribution in [0, 0.1) is 6.92 Å². The lowest BCUT2D eigenvalue weighted by Crippen LogP contribution is -2.07. The van der Waals surface area contributed by atoms with E-state index in [0.717, 1.165) is 11.3 Å². The third-order valence-electron chi connectivity index (χ3n) is 3.37. The Labute approximate surface area is 165 Å². The molecule has 0 aliphatic rings. The van der Waals surface area contributed by atoms with Crippen molar-refractivity contribution >= 4 is 46.0 Å². The first-order valence-corrected chi connectivity index (χ1v) is 9.14. The van der Waals surface area contributed by atoms with Crippen molar-refractivity contribution in [3.05, 3.63) is 39.4 Å². The summed E-state index contributed by atoms with van der Waals surface area (Å²) in [6.45, 7) is 3.68. The molecular weight excluding hydrogens is 392 g/mol. The fourth-order valence-corrected chi connectivity index (χ4v) is 3.35. The van der Waals surface area contributed by atoms with E-state index in [1.54, 1.807) is 32.1 Å². The molecule has 0 aliphatic heterocycles. The first kappa shape index (κ1) is 20.7. The van der Waals surface area contributed by atoms with Gasteiger partial charge < -0.3 is 14.2 Å². The van der Waals surface area contributed by atoms with Gasteiger partial charge in [0.15, 0.2) is 16.6 Å². The van der Waals surface area contributed by atoms with E-state index in [-0.39, 0.29) is 6.61 Å². The highest BCUT2D eigenvalue weighted by Gasteiger charge is 2.17. The molecule has 1 aromatic heterocycles. The zero-order valence-corrected chi connectivity index (χ0v) is 16.9. The number of halogens is 1. The average molecular weight is 411 g/mol. The molecule has 144 valence electrons. The first-order chi connectivity index (χ1) is 12.9. The number of hydrogen-bond acceptors (Lipinski definition) is 7. The van der Waals surface area contributed by atoms with Gasteiger partial charge in [0, 0.05) is 6.08 Å². The van der Waals surface area contributed by atoms with E-state index in [2.05, 4.69) is 10.3 Å². The number of nitrogens with one attached hydrogen (secondary N) is 1. The van der Waals surface area contributed by atoms with Crippen molar-refractivity contribution in [3.8, 4) is 11.5 Å². The number of esters is 1. The molecule has 0 saturated carbocycles. The van der Waals surface area contributed by atoms with Crippen LogP contribution in [-0.2, 0) is 9.53 Å². The zero-order chi connectivity index (χ0) is 20.0. The Morgan fingerprint density at radius 1 is 1.30 bits per heavy atom. The Hall–Kier alpha value is -2.58. The maximum absolute atomic E-state index is 12.1. The summed E-state index contributed by atoms with van der Waals surface area (Å²) in [6.07, 6.45) is 2.91. The van der Waals surface area contributed by atoms with Gasteiger partial charge in [-0.05, 0) is 37.6 Å². The van der Waals surface area contributed by atoms with Crippen LogP contribution in [0.1, 0.15) is 27.9 Å². The molecule has 1 heterocycles. The van der Waals surface area contributed by atoms with E-state index in [9.17, 15) is 9.59 Å². The highest BCUT2D eigenvalue weighted by atomic mass is 35.5. The second-order valence-electron chi connectivity index (χ2n) is 5.21. The van der Waals surface area contributed by atoms with Crippen molar-refractivity contribution in [1.29, 1.82) is 0 Å². The number of hydrogen-bond donors (Lipinski definition) is 1. The minimum absolute atomic E-state index is 0.272.